The van der Waals surface area contributed by atoms with Gasteiger partial charge in [0.2, 0.25) is 0 Å². The van der Waals surface area contributed by atoms with Crippen molar-refractivity contribution >= 4 is 33.7 Å². The molecule has 5 heterocycles. The van der Waals surface area contributed by atoms with E-state index in [1.165, 1.54) is 100 Å². The summed E-state index contributed by atoms with van der Waals surface area (Å²) >= 11 is 0. The molecule has 4 heteroatoms. The lowest BCUT2D eigenvalue weighted by Gasteiger charge is -2.25. The van der Waals surface area contributed by atoms with Crippen molar-refractivity contribution in [3.63, 3.8) is 0 Å². The first-order valence-corrected chi connectivity index (χ1v) is 21.7. The van der Waals surface area contributed by atoms with Gasteiger partial charge < -0.3 is 10.3 Å². The van der Waals surface area contributed by atoms with Gasteiger partial charge in [0.25, 0.3) is 0 Å². The standard InChI is InChI=1S/C56H58N4/c1-29-21-33(5)49(34(6)22-29)53-41-13-15-43(57-41)54(50-35(7)23-30(2)24-36(50)8)45-17-19-47(59-45)56(52-39(11)27-32(4)28-40(52)12)48-20-18-46(60-48)55(44-16-14-42(53)58-44)51-37(9)25-31(3)26-38(51)10/h13-17,19,21-28,46,48,57,60H,18,20H2,1-12H3/b53-41+,54-43+,55-44+,56-47+. The molecule has 1 fully saturated rings. The Morgan fingerprint density at radius 2 is 0.700 bits per heavy atom. The highest BCUT2D eigenvalue weighted by atomic mass is 15.0. The number of nitrogens with zero attached hydrogens (tertiary/aromatic N) is 2. The average molecular weight is 787 g/mol. The third kappa shape index (κ3) is 6.76. The van der Waals surface area contributed by atoms with Gasteiger partial charge in [-0.1, -0.05) is 70.8 Å². The fourth-order valence-electron chi connectivity index (χ4n) is 11.3. The maximum absolute atomic E-state index is 5.70. The van der Waals surface area contributed by atoms with Crippen LogP contribution in [0.15, 0.2) is 106 Å². The summed E-state index contributed by atoms with van der Waals surface area (Å²) in [6.45, 7) is 26.8. The largest absolute Gasteiger partial charge is 0.354 e. The monoisotopic (exact) mass is 786 g/mol. The zero-order chi connectivity index (χ0) is 42.3. The van der Waals surface area contributed by atoms with Crippen molar-refractivity contribution in [1.82, 2.24) is 10.3 Å². The summed E-state index contributed by atoms with van der Waals surface area (Å²) in [5, 5.41) is 6.36. The number of aromatic amines is 1. The molecule has 2 atom stereocenters. The van der Waals surface area contributed by atoms with E-state index in [1.807, 2.05) is 0 Å². The van der Waals surface area contributed by atoms with Crippen molar-refractivity contribution in [3.05, 3.63) is 196 Å². The summed E-state index contributed by atoms with van der Waals surface area (Å²) in [5.41, 5.74) is 29.1. The minimum absolute atomic E-state index is 0.0876. The number of benzene rings is 4. The fourth-order valence-corrected chi connectivity index (χ4v) is 11.3. The molecule has 5 aromatic rings. The molecule has 60 heavy (non-hydrogen) atoms. The Morgan fingerprint density at radius 3 is 1.02 bits per heavy atom. The van der Waals surface area contributed by atoms with Gasteiger partial charge >= 0.3 is 0 Å². The number of hydrogen-bond acceptors (Lipinski definition) is 3. The zero-order valence-corrected chi connectivity index (χ0v) is 37.5. The molecule has 4 aliphatic rings. The Balaban J connectivity index is 1.45. The van der Waals surface area contributed by atoms with Gasteiger partial charge in [-0.25, -0.2) is 9.98 Å². The summed E-state index contributed by atoms with van der Waals surface area (Å²) in [5.74, 6) is 0. The van der Waals surface area contributed by atoms with E-state index in [4.69, 9.17) is 9.98 Å². The van der Waals surface area contributed by atoms with Crippen molar-refractivity contribution in [3.8, 4) is 0 Å². The minimum atomic E-state index is 0.0876. The second kappa shape index (κ2) is 15.0. The highest BCUT2D eigenvalue weighted by Gasteiger charge is 2.36. The van der Waals surface area contributed by atoms with Crippen LogP contribution >= 0.6 is 0 Å². The quantitative estimate of drug-likeness (QED) is 0.187. The van der Waals surface area contributed by atoms with E-state index < -0.39 is 0 Å². The predicted molar refractivity (Wildman–Crippen MR) is 255 cm³/mol. The van der Waals surface area contributed by atoms with Crippen molar-refractivity contribution in [1.29, 1.82) is 0 Å². The van der Waals surface area contributed by atoms with Crippen LogP contribution in [0.25, 0.3) is 22.3 Å². The van der Waals surface area contributed by atoms with Crippen LogP contribution in [-0.4, -0.2) is 28.5 Å². The van der Waals surface area contributed by atoms with Gasteiger partial charge in [0.15, 0.2) is 0 Å². The molecule has 2 N–H and O–H groups in total. The van der Waals surface area contributed by atoms with E-state index in [1.54, 1.807) is 0 Å². The molecule has 0 spiro atoms. The molecule has 1 aromatic heterocycles. The van der Waals surface area contributed by atoms with Crippen molar-refractivity contribution in [2.75, 3.05) is 0 Å². The number of rotatable bonds is 4. The maximum atomic E-state index is 5.70. The first-order chi connectivity index (χ1) is 28.7. The first kappa shape index (κ1) is 39.6. The van der Waals surface area contributed by atoms with Crippen LogP contribution in [0, 0.1) is 83.1 Å². The lowest BCUT2D eigenvalue weighted by atomic mass is 9.87. The van der Waals surface area contributed by atoms with Crippen LogP contribution in [0.3, 0.4) is 0 Å². The lowest BCUT2D eigenvalue weighted by molar-refractivity contribution is 0.686. The second-order valence-corrected chi connectivity index (χ2v) is 18.2. The van der Waals surface area contributed by atoms with Gasteiger partial charge in [0.1, 0.15) is 0 Å². The maximum Gasteiger partial charge on any atom is 0.0737 e. The van der Waals surface area contributed by atoms with Crippen LogP contribution in [0.2, 0.25) is 0 Å². The van der Waals surface area contributed by atoms with E-state index >= 15 is 0 Å². The third-order valence-electron chi connectivity index (χ3n) is 13.2. The average Bonchev–Trinajstić information content (AvgIpc) is 3.99. The first-order valence-electron chi connectivity index (χ1n) is 21.7. The van der Waals surface area contributed by atoms with E-state index in [0.29, 0.717) is 0 Å². The van der Waals surface area contributed by atoms with Crippen LogP contribution < -0.4 is 16.0 Å². The summed E-state index contributed by atoms with van der Waals surface area (Å²) in [7, 11) is 0. The molecule has 1 saturated heterocycles. The molecule has 8 bridgehead atoms. The smallest absolute Gasteiger partial charge is 0.0737 e. The summed E-state index contributed by atoms with van der Waals surface area (Å²) in [6, 6.07) is 23.2. The molecule has 9 rings (SSSR count). The summed E-state index contributed by atoms with van der Waals surface area (Å²) in [6.07, 6.45) is 11.0. The number of fused-ring (bicyclic) bond motifs is 6. The van der Waals surface area contributed by atoms with Crippen LogP contribution in [-0.2, 0) is 0 Å². The van der Waals surface area contributed by atoms with Gasteiger partial charge in [0.05, 0.1) is 22.8 Å². The van der Waals surface area contributed by atoms with Crippen LogP contribution in [0.1, 0.15) is 102 Å². The molecule has 2 unspecified atom stereocenters. The molecule has 0 saturated carbocycles. The summed E-state index contributed by atoms with van der Waals surface area (Å²) < 4.78 is 0. The van der Waals surface area contributed by atoms with Crippen molar-refractivity contribution in [2.24, 2.45) is 9.98 Å². The van der Waals surface area contributed by atoms with E-state index in [0.717, 1.165) is 57.5 Å². The second-order valence-electron chi connectivity index (χ2n) is 18.2. The topological polar surface area (TPSA) is 52.5 Å². The number of hydrogen-bond donors (Lipinski definition) is 2. The van der Waals surface area contributed by atoms with Gasteiger partial charge in [-0.2, -0.15) is 0 Å². The Bertz CT molecular complexity index is 2730. The molecule has 4 aromatic carbocycles. The van der Waals surface area contributed by atoms with Gasteiger partial charge in [-0.3, -0.25) is 0 Å². The number of H-pyrrole nitrogens is 1. The minimum Gasteiger partial charge on any atom is -0.354 e. The van der Waals surface area contributed by atoms with E-state index in [9.17, 15) is 0 Å². The number of aromatic nitrogens is 1. The molecule has 0 radical (unpaired) electrons. The highest BCUT2D eigenvalue weighted by molar-refractivity contribution is 6.32. The molecule has 4 aliphatic heterocycles. The van der Waals surface area contributed by atoms with Gasteiger partial charge in [-0.05, 0) is 199 Å². The molecular formula is C56H58N4. The zero-order valence-electron chi connectivity index (χ0n) is 37.5. The van der Waals surface area contributed by atoms with Crippen LogP contribution in [0.5, 0.6) is 0 Å². The fraction of sp³-hybridized carbons (Fsp3) is 0.286. The van der Waals surface area contributed by atoms with E-state index in [2.05, 4.69) is 178 Å². The van der Waals surface area contributed by atoms with Crippen molar-refractivity contribution < 1.29 is 0 Å². The molecule has 302 valence electrons. The predicted octanol–water partition coefficient (Wildman–Crippen LogP) is 11.1. The molecule has 4 nitrogen and oxygen atoms in total. The Hall–Kier alpha value is -5.84. The Kier molecular flexibility index (Phi) is 9.91. The normalized spacial score (nSPS) is 22.9. The Labute approximate surface area is 356 Å². The Morgan fingerprint density at radius 1 is 0.400 bits per heavy atom. The van der Waals surface area contributed by atoms with E-state index in [-0.39, 0.29) is 12.1 Å². The summed E-state index contributed by atoms with van der Waals surface area (Å²) in [4.78, 5) is 15.4. The molecule has 0 aliphatic carbocycles. The number of aliphatic imine (C=N–C) groups is 2. The lowest BCUT2D eigenvalue weighted by Crippen LogP contribution is -2.32. The van der Waals surface area contributed by atoms with Crippen molar-refractivity contribution in [2.45, 2.75) is 108 Å². The third-order valence-corrected chi connectivity index (χ3v) is 13.2. The van der Waals surface area contributed by atoms with Crippen LogP contribution in [0.4, 0.5) is 0 Å². The molecular weight excluding hydrogens is 729 g/mol. The number of allylic oxidation sites excluding steroid dienone is 4. The molecule has 0 amide bonds. The highest BCUT2D eigenvalue weighted by Crippen LogP contribution is 2.42. The SMILES string of the molecule is Cc1cc(C)c(/C2=C3\C=CC(=N3)/C(c3c(C)cc(C)cc3C)=c3/cc/c([nH]3)=C(\c3c(C)cc(C)cc3C)C3=N/C(=C(/c4c(C)cc(C)cc4C)C4CCC2N4)C=C3)c(C)c1. The number of nitrogens with one attached hydrogen (secondary N) is 2. The van der Waals surface area contributed by atoms with Gasteiger partial charge in [-0.15, -0.1) is 0 Å². The van der Waals surface area contributed by atoms with Gasteiger partial charge in [0, 0.05) is 45.1 Å². The number of aryl methyl sites for hydroxylation is 12.